The number of rotatable bonds is 4. The lowest BCUT2D eigenvalue weighted by Gasteiger charge is -2.34. The van der Waals surface area contributed by atoms with Crippen LogP contribution in [-0.4, -0.2) is 38.7 Å². The van der Waals surface area contributed by atoms with E-state index in [4.69, 9.17) is 0 Å². The number of carbonyl (C=O) groups is 2. The van der Waals surface area contributed by atoms with Crippen molar-refractivity contribution >= 4 is 22.7 Å². The summed E-state index contributed by atoms with van der Waals surface area (Å²) in [7, 11) is 0. The Balaban J connectivity index is 2.02. The van der Waals surface area contributed by atoms with Gasteiger partial charge in [0.25, 0.3) is 5.91 Å². The summed E-state index contributed by atoms with van der Waals surface area (Å²) in [6, 6.07) is 3.53. The van der Waals surface area contributed by atoms with Gasteiger partial charge in [-0.3, -0.25) is 9.59 Å². The SMILES string of the molecule is CCC(=O)C1CCCCN1C(=O)c1ccc2c(c1)nc(C(F)(F)F)n2C(C)C. The number of halogens is 3. The molecule has 0 aliphatic carbocycles. The maximum Gasteiger partial charge on any atom is 0.449 e. The van der Waals surface area contributed by atoms with E-state index in [0.717, 1.165) is 17.4 Å². The topological polar surface area (TPSA) is 55.2 Å². The smallest absolute Gasteiger partial charge is 0.329 e. The van der Waals surface area contributed by atoms with Gasteiger partial charge in [0, 0.05) is 24.6 Å². The first kappa shape index (κ1) is 20.4. The molecule has 0 N–H and O–H groups in total. The highest BCUT2D eigenvalue weighted by Crippen LogP contribution is 2.34. The molecule has 28 heavy (non-hydrogen) atoms. The summed E-state index contributed by atoms with van der Waals surface area (Å²) in [6.45, 7) is 5.55. The number of hydrogen-bond donors (Lipinski definition) is 0. The van der Waals surface area contributed by atoms with Crippen molar-refractivity contribution in [3.8, 4) is 0 Å². The molecule has 152 valence electrons. The number of ketones is 1. The van der Waals surface area contributed by atoms with Crippen LogP contribution < -0.4 is 0 Å². The van der Waals surface area contributed by atoms with Crippen LogP contribution in [0.4, 0.5) is 13.2 Å². The number of aromatic nitrogens is 2. The Morgan fingerprint density at radius 3 is 2.57 bits per heavy atom. The Morgan fingerprint density at radius 1 is 1.25 bits per heavy atom. The van der Waals surface area contributed by atoms with Crippen molar-refractivity contribution in [2.75, 3.05) is 6.54 Å². The number of likely N-dealkylation sites (tertiary alicyclic amines) is 1. The van der Waals surface area contributed by atoms with E-state index in [9.17, 15) is 22.8 Å². The van der Waals surface area contributed by atoms with Gasteiger partial charge in [-0.15, -0.1) is 0 Å². The number of amides is 1. The third-order valence-corrected chi connectivity index (χ3v) is 5.19. The molecule has 1 unspecified atom stereocenters. The van der Waals surface area contributed by atoms with E-state index >= 15 is 0 Å². The lowest BCUT2D eigenvalue weighted by atomic mass is 9.96. The Bertz CT molecular complexity index is 902. The molecule has 1 aliphatic rings. The van der Waals surface area contributed by atoms with E-state index in [-0.39, 0.29) is 22.8 Å². The van der Waals surface area contributed by atoms with Gasteiger partial charge in [0.15, 0.2) is 5.78 Å². The molecular formula is C20H24F3N3O2. The fourth-order valence-corrected chi connectivity index (χ4v) is 3.87. The van der Waals surface area contributed by atoms with Gasteiger partial charge in [-0.05, 0) is 51.3 Å². The Kier molecular flexibility index (Phi) is 5.50. The highest BCUT2D eigenvalue weighted by molar-refractivity contribution is 6.00. The van der Waals surface area contributed by atoms with Crippen molar-refractivity contribution in [3.63, 3.8) is 0 Å². The van der Waals surface area contributed by atoms with E-state index in [1.54, 1.807) is 25.7 Å². The van der Waals surface area contributed by atoms with Gasteiger partial charge >= 0.3 is 6.18 Å². The molecule has 0 spiro atoms. The van der Waals surface area contributed by atoms with Crippen LogP contribution in [0, 0.1) is 0 Å². The van der Waals surface area contributed by atoms with Crippen LogP contribution in [0.1, 0.15) is 68.7 Å². The molecule has 1 aliphatic heterocycles. The number of benzene rings is 1. The largest absolute Gasteiger partial charge is 0.449 e. The van der Waals surface area contributed by atoms with Crippen LogP contribution in [0.5, 0.6) is 0 Å². The van der Waals surface area contributed by atoms with Crippen LogP contribution in [0.2, 0.25) is 0 Å². The monoisotopic (exact) mass is 395 g/mol. The normalized spacial score (nSPS) is 18.1. The summed E-state index contributed by atoms with van der Waals surface area (Å²) in [5, 5.41) is 0. The molecule has 2 aromatic rings. The van der Waals surface area contributed by atoms with Crippen molar-refractivity contribution in [2.45, 2.75) is 64.7 Å². The molecule has 1 fully saturated rings. The molecule has 1 atom stereocenters. The molecule has 1 saturated heterocycles. The summed E-state index contributed by atoms with van der Waals surface area (Å²) in [4.78, 5) is 30.6. The van der Waals surface area contributed by atoms with Crippen molar-refractivity contribution in [1.29, 1.82) is 0 Å². The lowest BCUT2D eigenvalue weighted by Crippen LogP contribution is -2.47. The fraction of sp³-hybridized carbons (Fsp3) is 0.550. The zero-order chi connectivity index (χ0) is 20.6. The first-order valence-electron chi connectivity index (χ1n) is 9.58. The molecule has 0 radical (unpaired) electrons. The van der Waals surface area contributed by atoms with E-state index in [0.29, 0.717) is 24.9 Å². The van der Waals surface area contributed by atoms with Crippen LogP contribution in [0.3, 0.4) is 0 Å². The number of piperidine rings is 1. The first-order chi connectivity index (χ1) is 13.1. The zero-order valence-corrected chi connectivity index (χ0v) is 16.2. The third-order valence-electron chi connectivity index (χ3n) is 5.19. The molecule has 5 nitrogen and oxygen atoms in total. The summed E-state index contributed by atoms with van der Waals surface area (Å²) >= 11 is 0. The minimum absolute atomic E-state index is 0.0116. The van der Waals surface area contributed by atoms with Crippen LogP contribution in [0.15, 0.2) is 18.2 Å². The number of fused-ring (bicyclic) bond motifs is 1. The summed E-state index contributed by atoms with van der Waals surface area (Å²) in [5.74, 6) is -1.29. The first-order valence-corrected chi connectivity index (χ1v) is 9.58. The molecule has 3 rings (SSSR count). The van der Waals surface area contributed by atoms with Crippen molar-refractivity contribution < 1.29 is 22.8 Å². The number of hydrogen-bond acceptors (Lipinski definition) is 3. The minimum Gasteiger partial charge on any atom is -0.329 e. The third kappa shape index (κ3) is 3.64. The van der Waals surface area contributed by atoms with Gasteiger partial charge in [-0.2, -0.15) is 13.2 Å². The highest BCUT2D eigenvalue weighted by Gasteiger charge is 2.38. The molecule has 2 heterocycles. The zero-order valence-electron chi connectivity index (χ0n) is 16.2. The van der Waals surface area contributed by atoms with Gasteiger partial charge in [-0.25, -0.2) is 4.98 Å². The number of nitrogens with zero attached hydrogens (tertiary/aromatic N) is 3. The van der Waals surface area contributed by atoms with Gasteiger partial charge in [0.05, 0.1) is 17.1 Å². The maximum atomic E-state index is 13.4. The number of Topliss-reactive ketones (excluding diaryl/α,β-unsaturated/α-hetero) is 1. The van der Waals surface area contributed by atoms with Crippen molar-refractivity contribution in [1.82, 2.24) is 14.5 Å². The second-order valence-corrected chi connectivity index (χ2v) is 7.43. The van der Waals surface area contributed by atoms with Gasteiger partial charge in [0.2, 0.25) is 5.82 Å². The Labute approximate surface area is 161 Å². The summed E-state index contributed by atoms with van der Waals surface area (Å²) in [5.41, 5.74) is 0.714. The van der Waals surface area contributed by atoms with E-state index in [1.807, 2.05) is 0 Å². The Hall–Kier alpha value is -2.38. The lowest BCUT2D eigenvalue weighted by molar-refractivity contribution is -0.147. The summed E-state index contributed by atoms with van der Waals surface area (Å²) in [6.07, 6.45) is -1.92. The predicted molar refractivity (Wildman–Crippen MR) is 99.1 cm³/mol. The average molecular weight is 395 g/mol. The number of imidazole rings is 1. The number of carbonyl (C=O) groups excluding carboxylic acids is 2. The molecule has 8 heteroatoms. The van der Waals surface area contributed by atoms with E-state index in [1.165, 1.54) is 18.2 Å². The van der Waals surface area contributed by atoms with Gasteiger partial charge in [-0.1, -0.05) is 6.92 Å². The predicted octanol–water partition coefficient (Wildman–Crippen LogP) is 4.61. The van der Waals surface area contributed by atoms with Crippen LogP contribution in [0.25, 0.3) is 11.0 Å². The molecule has 1 aromatic heterocycles. The Morgan fingerprint density at radius 2 is 1.96 bits per heavy atom. The second-order valence-electron chi connectivity index (χ2n) is 7.43. The molecule has 1 aromatic carbocycles. The standard InChI is InChI=1S/C20H24F3N3O2/c1-4-17(27)16-7-5-6-10-25(16)18(28)13-8-9-15-14(11-13)24-19(20(21,22)23)26(15)12(2)3/h8-9,11-12,16H,4-7,10H2,1-3H3. The van der Waals surface area contributed by atoms with E-state index < -0.39 is 24.1 Å². The fourth-order valence-electron chi connectivity index (χ4n) is 3.87. The van der Waals surface area contributed by atoms with Crippen LogP contribution >= 0.6 is 0 Å². The summed E-state index contributed by atoms with van der Waals surface area (Å²) < 4.78 is 41.3. The molecule has 1 amide bonds. The molecule has 0 bridgehead atoms. The second kappa shape index (κ2) is 7.56. The molecular weight excluding hydrogens is 371 g/mol. The van der Waals surface area contributed by atoms with Crippen LogP contribution in [-0.2, 0) is 11.0 Å². The van der Waals surface area contributed by atoms with E-state index in [2.05, 4.69) is 4.98 Å². The highest BCUT2D eigenvalue weighted by atomic mass is 19.4. The van der Waals surface area contributed by atoms with Crippen molar-refractivity contribution in [2.24, 2.45) is 0 Å². The van der Waals surface area contributed by atoms with Gasteiger partial charge in [0.1, 0.15) is 0 Å². The van der Waals surface area contributed by atoms with Crippen molar-refractivity contribution in [3.05, 3.63) is 29.6 Å². The minimum atomic E-state index is -4.58. The number of alkyl halides is 3. The average Bonchev–Trinajstić information content (AvgIpc) is 3.06. The van der Waals surface area contributed by atoms with Gasteiger partial charge < -0.3 is 9.47 Å². The maximum absolute atomic E-state index is 13.4. The molecule has 0 saturated carbocycles. The quantitative estimate of drug-likeness (QED) is 0.760.